The van der Waals surface area contributed by atoms with Crippen LogP contribution in [0.5, 0.6) is 0 Å². The first kappa shape index (κ1) is 21.2. The molecule has 22 heavy (non-hydrogen) atoms. The molecule has 0 aliphatic heterocycles. The average Bonchev–Trinajstić information content (AvgIpc) is 2.49. The fourth-order valence-electron chi connectivity index (χ4n) is 2.25. The molecule has 4 heteroatoms. The zero-order valence-corrected chi connectivity index (χ0v) is 16.2. The van der Waals surface area contributed by atoms with Crippen LogP contribution in [0.25, 0.3) is 0 Å². The zero-order valence-electron chi connectivity index (χ0n) is 13.8. The van der Waals surface area contributed by atoms with Gasteiger partial charge in [-0.3, -0.25) is 0 Å². The topological polar surface area (TPSA) is 9.72 Å². The monoisotopic (exact) mass is 378 g/mol. The van der Waals surface area contributed by atoms with Crippen molar-refractivity contribution >= 4 is 0 Å². The number of hydrogen-bond donors (Lipinski definition) is 0. The van der Waals surface area contributed by atoms with E-state index in [1.54, 1.807) is 0 Å². The Balaban J connectivity index is 5.61. The van der Waals surface area contributed by atoms with Crippen LogP contribution in [0.1, 0.15) is 0 Å². The van der Waals surface area contributed by atoms with E-state index in [9.17, 15) is 0 Å². The van der Waals surface area contributed by atoms with Crippen molar-refractivity contribution < 1.29 is 22.6 Å². The van der Waals surface area contributed by atoms with E-state index in [0.717, 1.165) is 39.3 Å². The van der Waals surface area contributed by atoms with Crippen molar-refractivity contribution in [3.63, 3.8) is 0 Å². The van der Waals surface area contributed by atoms with Crippen molar-refractivity contribution in [3.8, 4) is 0 Å². The Labute approximate surface area is 146 Å². The van der Waals surface area contributed by atoms with Gasteiger partial charge in [0.25, 0.3) is 0 Å². The summed E-state index contributed by atoms with van der Waals surface area (Å²) in [5.74, 6) is 0. The molecule has 0 atom stereocenters. The predicted octanol–water partition coefficient (Wildman–Crippen LogP) is 3.37. The van der Waals surface area contributed by atoms with Crippen molar-refractivity contribution in [2.24, 2.45) is 0 Å². The van der Waals surface area contributed by atoms with Gasteiger partial charge >= 0.3 is 146 Å². The summed E-state index contributed by atoms with van der Waals surface area (Å²) in [7, 11) is 0. The first-order valence-corrected chi connectivity index (χ1v) is 10.8. The summed E-state index contributed by atoms with van der Waals surface area (Å²) < 4.78 is 7.51. The maximum atomic E-state index is 3.91. The Morgan fingerprint density at radius 1 is 0.455 bits per heavy atom. The van der Waals surface area contributed by atoms with Crippen molar-refractivity contribution in [1.82, 2.24) is 8.53 Å². The molecule has 0 amide bonds. The van der Waals surface area contributed by atoms with Gasteiger partial charge in [-0.2, -0.15) is 0 Å². The summed E-state index contributed by atoms with van der Waals surface area (Å²) in [6.45, 7) is 28.6. The maximum absolute atomic E-state index is 3.91. The van der Waals surface area contributed by atoms with E-state index in [2.05, 4.69) is 48.0 Å². The third-order valence-corrected chi connectivity index (χ3v) is 9.81. The molecular formula is C18H30N3Zr. The molecule has 0 aliphatic rings. The molecule has 0 fully saturated rings. The predicted molar refractivity (Wildman–Crippen MR) is 95.9 cm³/mol. The third kappa shape index (κ3) is 7.46. The molecule has 0 heterocycles. The second kappa shape index (κ2) is 13.8. The zero-order chi connectivity index (χ0) is 16.8. The summed E-state index contributed by atoms with van der Waals surface area (Å²) in [4.78, 5) is 0. The second-order valence-electron chi connectivity index (χ2n) is 4.75. The summed E-state index contributed by atoms with van der Waals surface area (Å²) in [6.07, 6.45) is 11.8. The number of rotatable bonds is 15. The molecule has 0 aromatic carbocycles. The number of nitrogens with zero attached hydrogens (tertiary/aromatic N) is 3. The van der Waals surface area contributed by atoms with Crippen molar-refractivity contribution in [1.29, 1.82) is 0 Å². The second-order valence-corrected chi connectivity index (χ2v) is 10.9. The standard InChI is InChI=1S/3C6H10N.Zr/c3*1-3-5-7-6-4-2;/h3*3-4H,1-2,5-6H2;/q3*-1;+3. The molecule has 121 valence electrons. The molecule has 0 N–H and O–H groups in total. The Bertz CT molecular complexity index is 291. The fraction of sp³-hybridized carbons (Fsp3) is 0.333. The van der Waals surface area contributed by atoms with Gasteiger partial charge < -0.3 is 0 Å². The molecule has 0 spiro atoms. The molecule has 0 bridgehead atoms. The SMILES string of the molecule is C=CC[N](CC=C)[Zr]([N](CC=C)CC=C)[N](CC=C)CC=C. The molecule has 0 aliphatic carbocycles. The van der Waals surface area contributed by atoms with E-state index in [4.69, 9.17) is 0 Å². The fourth-order valence-corrected chi connectivity index (χ4v) is 9.51. The van der Waals surface area contributed by atoms with E-state index in [-0.39, 0.29) is 0 Å². The molecule has 0 unspecified atom stereocenters. The Morgan fingerprint density at radius 2 is 0.636 bits per heavy atom. The van der Waals surface area contributed by atoms with Gasteiger partial charge in [-0.1, -0.05) is 0 Å². The van der Waals surface area contributed by atoms with Gasteiger partial charge in [0.15, 0.2) is 0 Å². The summed E-state index contributed by atoms with van der Waals surface area (Å²) in [5.41, 5.74) is 0. The molecule has 3 nitrogen and oxygen atoms in total. The van der Waals surface area contributed by atoms with Crippen LogP contribution in [0.4, 0.5) is 0 Å². The molecular weight excluding hydrogens is 349 g/mol. The van der Waals surface area contributed by atoms with E-state index in [0.29, 0.717) is 0 Å². The normalized spacial score (nSPS) is 10.5. The molecule has 0 aromatic rings. The van der Waals surface area contributed by atoms with Gasteiger partial charge in [0.1, 0.15) is 0 Å². The first-order valence-electron chi connectivity index (χ1n) is 7.47. The van der Waals surface area contributed by atoms with Crippen LogP contribution >= 0.6 is 0 Å². The van der Waals surface area contributed by atoms with Crippen LogP contribution < -0.4 is 0 Å². The Kier molecular flexibility index (Phi) is 13.3. The Morgan fingerprint density at radius 3 is 0.773 bits per heavy atom. The van der Waals surface area contributed by atoms with Gasteiger partial charge in [0.05, 0.1) is 0 Å². The summed E-state index contributed by atoms with van der Waals surface area (Å²) in [5, 5.41) is 0. The van der Waals surface area contributed by atoms with Crippen LogP contribution in [0.2, 0.25) is 0 Å². The molecule has 0 saturated carbocycles. The Hall–Kier alpha value is -0.797. The van der Waals surface area contributed by atoms with Crippen LogP contribution in [-0.4, -0.2) is 47.8 Å². The molecule has 0 radical (unpaired) electrons. The quantitative estimate of drug-likeness (QED) is 0.404. The van der Waals surface area contributed by atoms with Crippen LogP contribution in [0, 0.1) is 0 Å². The third-order valence-electron chi connectivity index (χ3n) is 2.95. The minimum atomic E-state index is -2.31. The van der Waals surface area contributed by atoms with Gasteiger partial charge in [0, 0.05) is 0 Å². The van der Waals surface area contributed by atoms with Crippen LogP contribution in [0.15, 0.2) is 75.9 Å². The molecule has 0 saturated heterocycles. The van der Waals surface area contributed by atoms with Crippen LogP contribution in [0.3, 0.4) is 0 Å². The van der Waals surface area contributed by atoms with Crippen LogP contribution in [-0.2, 0) is 22.6 Å². The molecule has 0 aromatic heterocycles. The van der Waals surface area contributed by atoms with Crippen molar-refractivity contribution in [3.05, 3.63) is 75.9 Å². The van der Waals surface area contributed by atoms with Gasteiger partial charge in [-0.15, -0.1) is 0 Å². The average molecular weight is 380 g/mol. The van der Waals surface area contributed by atoms with Crippen molar-refractivity contribution in [2.75, 3.05) is 39.3 Å². The van der Waals surface area contributed by atoms with Gasteiger partial charge in [-0.05, 0) is 0 Å². The van der Waals surface area contributed by atoms with E-state index >= 15 is 0 Å². The van der Waals surface area contributed by atoms with E-state index in [1.165, 1.54) is 0 Å². The number of hydrogen-bond acceptors (Lipinski definition) is 3. The van der Waals surface area contributed by atoms with Gasteiger partial charge in [-0.25, -0.2) is 0 Å². The van der Waals surface area contributed by atoms with E-state index < -0.39 is 22.6 Å². The van der Waals surface area contributed by atoms with Crippen molar-refractivity contribution in [2.45, 2.75) is 0 Å². The minimum absolute atomic E-state index is 0.858. The van der Waals surface area contributed by atoms with Gasteiger partial charge in [0.2, 0.25) is 0 Å². The summed E-state index contributed by atoms with van der Waals surface area (Å²) in [6, 6.07) is 0. The van der Waals surface area contributed by atoms with E-state index in [1.807, 2.05) is 36.5 Å². The summed E-state index contributed by atoms with van der Waals surface area (Å²) >= 11 is -2.31. The molecule has 0 rings (SSSR count). The first-order chi connectivity index (χ1) is 10.7.